The highest BCUT2D eigenvalue weighted by Gasteiger charge is 2.31. The van der Waals surface area contributed by atoms with E-state index in [0.29, 0.717) is 0 Å². The van der Waals surface area contributed by atoms with Crippen LogP contribution in [0.2, 0.25) is 0 Å². The SMILES string of the molecule is CCC(C)(C(N)CCc1ccccc1)N(C)C. The largest absolute Gasteiger partial charge is 0.326 e. The molecule has 0 heterocycles. The molecule has 0 amide bonds. The lowest BCUT2D eigenvalue weighted by Gasteiger charge is -2.41. The predicted octanol–water partition coefficient (Wildman–Crippen LogP) is 2.68. The van der Waals surface area contributed by atoms with Crippen LogP contribution in [0.3, 0.4) is 0 Å². The van der Waals surface area contributed by atoms with E-state index < -0.39 is 0 Å². The minimum Gasteiger partial charge on any atom is -0.326 e. The summed E-state index contributed by atoms with van der Waals surface area (Å²) in [6.07, 6.45) is 3.17. The van der Waals surface area contributed by atoms with Crippen molar-refractivity contribution in [3.05, 3.63) is 35.9 Å². The van der Waals surface area contributed by atoms with Crippen molar-refractivity contribution < 1.29 is 0 Å². The highest BCUT2D eigenvalue weighted by Crippen LogP contribution is 2.22. The molecule has 17 heavy (non-hydrogen) atoms. The van der Waals surface area contributed by atoms with Crippen LogP contribution in [0.4, 0.5) is 0 Å². The molecule has 0 aliphatic carbocycles. The minimum atomic E-state index is 0.0920. The zero-order chi connectivity index (χ0) is 12.9. The molecule has 2 heteroatoms. The minimum absolute atomic E-state index is 0.0920. The Bertz CT molecular complexity index is 321. The Labute approximate surface area is 106 Å². The van der Waals surface area contributed by atoms with E-state index in [1.807, 2.05) is 0 Å². The fourth-order valence-corrected chi connectivity index (χ4v) is 2.19. The van der Waals surface area contributed by atoms with Crippen molar-refractivity contribution in [2.75, 3.05) is 14.1 Å². The predicted molar refractivity (Wildman–Crippen MR) is 75.1 cm³/mol. The number of hydrogen-bond acceptors (Lipinski definition) is 2. The number of likely N-dealkylation sites (N-methyl/N-ethyl adjacent to an activating group) is 1. The average Bonchev–Trinajstić information content (AvgIpc) is 2.35. The summed E-state index contributed by atoms with van der Waals surface area (Å²) in [5, 5.41) is 0. The van der Waals surface area contributed by atoms with Gasteiger partial charge in [-0.25, -0.2) is 0 Å². The molecular formula is C15H26N2. The van der Waals surface area contributed by atoms with Gasteiger partial charge < -0.3 is 10.6 Å². The molecule has 2 N–H and O–H groups in total. The molecule has 96 valence electrons. The maximum atomic E-state index is 6.37. The molecule has 1 aromatic rings. The summed E-state index contributed by atoms with van der Waals surface area (Å²) in [6, 6.07) is 10.8. The maximum absolute atomic E-state index is 6.37. The molecule has 0 saturated heterocycles. The second-order valence-corrected chi connectivity index (χ2v) is 5.24. The van der Waals surface area contributed by atoms with Crippen LogP contribution in [0.5, 0.6) is 0 Å². The van der Waals surface area contributed by atoms with Crippen molar-refractivity contribution in [1.29, 1.82) is 0 Å². The number of benzene rings is 1. The van der Waals surface area contributed by atoms with Crippen LogP contribution < -0.4 is 5.73 Å². The number of rotatable bonds is 6. The Morgan fingerprint density at radius 2 is 1.82 bits per heavy atom. The molecule has 0 radical (unpaired) electrons. The van der Waals surface area contributed by atoms with Gasteiger partial charge in [0.2, 0.25) is 0 Å². The van der Waals surface area contributed by atoms with Crippen molar-refractivity contribution in [3.8, 4) is 0 Å². The van der Waals surface area contributed by atoms with E-state index in [0.717, 1.165) is 19.3 Å². The van der Waals surface area contributed by atoms with Gasteiger partial charge >= 0.3 is 0 Å². The van der Waals surface area contributed by atoms with E-state index in [1.165, 1.54) is 5.56 Å². The van der Waals surface area contributed by atoms with Crippen molar-refractivity contribution in [3.63, 3.8) is 0 Å². The molecule has 2 unspecified atom stereocenters. The molecule has 0 fully saturated rings. The summed E-state index contributed by atoms with van der Waals surface area (Å²) in [7, 11) is 4.23. The van der Waals surface area contributed by atoms with Crippen molar-refractivity contribution in [1.82, 2.24) is 4.90 Å². The summed E-state index contributed by atoms with van der Waals surface area (Å²) in [5.74, 6) is 0. The van der Waals surface area contributed by atoms with Crippen molar-refractivity contribution in [2.45, 2.75) is 44.7 Å². The lowest BCUT2D eigenvalue weighted by atomic mass is 9.85. The van der Waals surface area contributed by atoms with E-state index in [-0.39, 0.29) is 11.6 Å². The Balaban J connectivity index is 2.57. The van der Waals surface area contributed by atoms with Crippen LogP contribution in [0.1, 0.15) is 32.3 Å². The summed E-state index contributed by atoms with van der Waals surface area (Å²) in [5.41, 5.74) is 7.84. The number of nitrogens with two attached hydrogens (primary N) is 1. The Morgan fingerprint density at radius 3 is 2.29 bits per heavy atom. The highest BCUT2D eigenvalue weighted by atomic mass is 15.2. The third kappa shape index (κ3) is 3.55. The first-order chi connectivity index (χ1) is 8.00. The third-order valence-electron chi connectivity index (χ3n) is 4.12. The zero-order valence-corrected chi connectivity index (χ0v) is 11.6. The molecule has 1 aromatic carbocycles. The number of aryl methyl sites for hydroxylation is 1. The lowest BCUT2D eigenvalue weighted by Crippen LogP contribution is -2.55. The van der Waals surface area contributed by atoms with Gasteiger partial charge in [-0.3, -0.25) is 0 Å². The monoisotopic (exact) mass is 234 g/mol. The van der Waals surface area contributed by atoms with E-state index >= 15 is 0 Å². The van der Waals surface area contributed by atoms with Gasteiger partial charge in [0.15, 0.2) is 0 Å². The summed E-state index contributed by atoms with van der Waals surface area (Å²) >= 11 is 0. The van der Waals surface area contributed by atoms with Gasteiger partial charge in [0.1, 0.15) is 0 Å². The fraction of sp³-hybridized carbons (Fsp3) is 0.600. The molecule has 0 aliphatic heterocycles. The normalized spacial score (nSPS) is 16.8. The summed E-state index contributed by atoms with van der Waals surface area (Å²) in [4.78, 5) is 2.25. The smallest absolute Gasteiger partial charge is 0.0323 e. The average molecular weight is 234 g/mol. The van der Waals surface area contributed by atoms with E-state index in [9.17, 15) is 0 Å². The quantitative estimate of drug-likeness (QED) is 0.820. The van der Waals surface area contributed by atoms with E-state index in [1.54, 1.807) is 0 Å². The Kier molecular flexibility index (Phi) is 5.16. The number of nitrogens with zero attached hydrogens (tertiary/aromatic N) is 1. The molecule has 1 rings (SSSR count). The summed E-state index contributed by atoms with van der Waals surface area (Å²) in [6.45, 7) is 4.46. The van der Waals surface area contributed by atoms with Crippen LogP contribution in [0.25, 0.3) is 0 Å². The van der Waals surface area contributed by atoms with E-state index in [4.69, 9.17) is 5.73 Å². The van der Waals surface area contributed by atoms with Crippen LogP contribution in [-0.4, -0.2) is 30.6 Å². The molecule has 0 aliphatic rings. The second kappa shape index (κ2) is 6.18. The topological polar surface area (TPSA) is 29.3 Å². The van der Waals surface area contributed by atoms with Gasteiger partial charge in [-0.15, -0.1) is 0 Å². The van der Waals surface area contributed by atoms with Gasteiger partial charge in [0.05, 0.1) is 0 Å². The van der Waals surface area contributed by atoms with Crippen molar-refractivity contribution >= 4 is 0 Å². The molecule has 0 bridgehead atoms. The van der Waals surface area contributed by atoms with Gasteiger partial charge in [-0.2, -0.15) is 0 Å². The van der Waals surface area contributed by atoms with E-state index in [2.05, 4.69) is 63.2 Å². The van der Waals surface area contributed by atoms with Gasteiger partial charge in [-0.05, 0) is 45.8 Å². The highest BCUT2D eigenvalue weighted by molar-refractivity contribution is 5.15. The fourth-order valence-electron chi connectivity index (χ4n) is 2.19. The molecule has 0 spiro atoms. The van der Waals surface area contributed by atoms with Gasteiger partial charge in [0.25, 0.3) is 0 Å². The van der Waals surface area contributed by atoms with Gasteiger partial charge in [-0.1, -0.05) is 37.3 Å². The summed E-state index contributed by atoms with van der Waals surface area (Å²) < 4.78 is 0. The molecule has 2 nitrogen and oxygen atoms in total. The van der Waals surface area contributed by atoms with Crippen molar-refractivity contribution in [2.24, 2.45) is 5.73 Å². The van der Waals surface area contributed by atoms with Crippen LogP contribution >= 0.6 is 0 Å². The standard InChI is InChI=1S/C15H26N2/c1-5-15(2,17(3)4)14(16)12-11-13-9-7-6-8-10-13/h6-10,14H,5,11-12,16H2,1-4H3. The Hall–Kier alpha value is -0.860. The van der Waals surface area contributed by atoms with Crippen LogP contribution in [-0.2, 0) is 6.42 Å². The first-order valence-electron chi connectivity index (χ1n) is 6.47. The number of hydrogen-bond donors (Lipinski definition) is 1. The maximum Gasteiger partial charge on any atom is 0.0323 e. The Morgan fingerprint density at radius 1 is 1.24 bits per heavy atom. The molecule has 0 saturated carbocycles. The molecule has 2 atom stereocenters. The molecular weight excluding hydrogens is 208 g/mol. The first-order valence-corrected chi connectivity index (χ1v) is 6.47. The van der Waals surface area contributed by atoms with Crippen LogP contribution in [0.15, 0.2) is 30.3 Å². The van der Waals surface area contributed by atoms with Crippen LogP contribution in [0, 0.1) is 0 Å². The lowest BCUT2D eigenvalue weighted by molar-refractivity contribution is 0.127. The zero-order valence-electron chi connectivity index (χ0n) is 11.6. The third-order valence-corrected chi connectivity index (χ3v) is 4.12. The molecule has 0 aromatic heterocycles. The van der Waals surface area contributed by atoms with Gasteiger partial charge in [0, 0.05) is 11.6 Å². The second-order valence-electron chi connectivity index (χ2n) is 5.24. The first kappa shape index (κ1) is 14.2.